The molecule has 2 aromatic rings. The smallest absolute Gasteiger partial charge is 0.232 e. The van der Waals surface area contributed by atoms with E-state index in [2.05, 4.69) is 4.90 Å². The number of allylic oxidation sites excluding steroid dienone is 1. The Morgan fingerprint density at radius 2 is 1.97 bits per heavy atom. The number of rotatable bonds is 3. The highest BCUT2D eigenvalue weighted by Crippen LogP contribution is 2.42. The molecule has 0 saturated carbocycles. The van der Waals surface area contributed by atoms with Crippen molar-refractivity contribution in [2.24, 2.45) is 0 Å². The third-order valence-corrected chi connectivity index (χ3v) is 5.91. The third kappa shape index (κ3) is 3.89. The van der Waals surface area contributed by atoms with Crippen molar-refractivity contribution in [1.29, 1.82) is 0 Å². The van der Waals surface area contributed by atoms with E-state index in [4.69, 9.17) is 16.3 Å². The number of hydrogen-bond donors (Lipinski definition) is 1. The van der Waals surface area contributed by atoms with Crippen LogP contribution in [0.5, 0.6) is 11.5 Å². The number of ketones is 1. The van der Waals surface area contributed by atoms with Crippen molar-refractivity contribution in [3.05, 3.63) is 63.1 Å². The minimum absolute atomic E-state index is 0.0119. The van der Waals surface area contributed by atoms with Crippen molar-refractivity contribution < 1.29 is 19.0 Å². The van der Waals surface area contributed by atoms with Crippen LogP contribution >= 0.6 is 11.6 Å². The van der Waals surface area contributed by atoms with Gasteiger partial charge in [-0.1, -0.05) is 30.5 Å². The Kier molecular flexibility index (Phi) is 5.61. The summed E-state index contributed by atoms with van der Waals surface area (Å²) in [6.07, 6.45) is 5.99. The number of likely N-dealkylation sites (tertiary alicyclic amines) is 1. The highest BCUT2D eigenvalue weighted by Gasteiger charge is 2.34. The maximum absolute atomic E-state index is 14.2. The zero-order chi connectivity index (χ0) is 20.5. The van der Waals surface area contributed by atoms with Crippen molar-refractivity contribution in [1.82, 2.24) is 4.90 Å². The van der Waals surface area contributed by atoms with Gasteiger partial charge in [-0.25, -0.2) is 4.39 Å². The summed E-state index contributed by atoms with van der Waals surface area (Å²) in [4.78, 5) is 15.3. The number of carbonyl (C=O) groups is 1. The molecule has 2 aliphatic rings. The summed E-state index contributed by atoms with van der Waals surface area (Å²) >= 11 is 6.10. The number of aryl methyl sites for hydroxylation is 1. The van der Waals surface area contributed by atoms with Gasteiger partial charge in [0.25, 0.3) is 0 Å². The minimum Gasteiger partial charge on any atom is -0.507 e. The molecule has 2 heterocycles. The van der Waals surface area contributed by atoms with Crippen LogP contribution < -0.4 is 4.74 Å². The Morgan fingerprint density at radius 3 is 2.66 bits per heavy atom. The number of ether oxygens (including phenoxy) is 1. The molecule has 152 valence electrons. The largest absolute Gasteiger partial charge is 0.507 e. The average Bonchev–Trinajstić information content (AvgIpc) is 2.84. The molecule has 0 spiro atoms. The van der Waals surface area contributed by atoms with Crippen LogP contribution in [0.4, 0.5) is 4.39 Å². The number of phenols is 1. The predicted octanol–water partition coefficient (Wildman–Crippen LogP) is 5.49. The maximum atomic E-state index is 14.2. The quantitative estimate of drug-likeness (QED) is 0.674. The first-order valence-corrected chi connectivity index (χ1v) is 10.3. The van der Waals surface area contributed by atoms with E-state index < -0.39 is 5.82 Å². The van der Waals surface area contributed by atoms with Crippen molar-refractivity contribution >= 4 is 23.5 Å². The molecule has 29 heavy (non-hydrogen) atoms. The minimum atomic E-state index is -0.526. The first kappa shape index (κ1) is 19.9. The van der Waals surface area contributed by atoms with E-state index in [-0.39, 0.29) is 27.9 Å². The topological polar surface area (TPSA) is 49.8 Å². The molecule has 4 rings (SSSR count). The van der Waals surface area contributed by atoms with E-state index in [0.29, 0.717) is 29.0 Å². The molecule has 2 aromatic carbocycles. The van der Waals surface area contributed by atoms with Gasteiger partial charge in [0.1, 0.15) is 17.3 Å². The van der Waals surface area contributed by atoms with E-state index >= 15 is 0 Å². The highest BCUT2D eigenvalue weighted by molar-refractivity contribution is 6.32. The Hall–Kier alpha value is -2.37. The summed E-state index contributed by atoms with van der Waals surface area (Å²) in [5.74, 6) is -0.354. The van der Waals surface area contributed by atoms with Crippen molar-refractivity contribution in [3.63, 3.8) is 0 Å². The van der Waals surface area contributed by atoms with Gasteiger partial charge in [0, 0.05) is 12.1 Å². The van der Waals surface area contributed by atoms with E-state index in [9.17, 15) is 14.3 Å². The van der Waals surface area contributed by atoms with Crippen LogP contribution in [0.1, 0.15) is 52.7 Å². The number of carbonyl (C=O) groups excluding carboxylic acids is 1. The van der Waals surface area contributed by atoms with Gasteiger partial charge in [0.05, 0.1) is 16.1 Å². The second-order valence-electron chi connectivity index (χ2n) is 7.66. The molecule has 1 saturated heterocycles. The number of fused-ring (bicyclic) bond motifs is 1. The molecule has 6 heteroatoms. The summed E-state index contributed by atoms with van der Waals surface area (Å²) in [6, 6.07) is 5.96. The first-order valence-electron chi connectivity index (χ1n) is 9.91. The number of phenolic OH excluding ortho intramolecular Hbond substituents is 1. The lowest BCUT2D eigenvalue weighted by Gasteiger charge is -2.22. The molecular weight excluding hydrogens is 393 g/mol. The van der Waals surface area contributed by atoms with Crippen LogP contribution in [0.2, 0.25) is 5.02 Å². The summed E-state index contributed by atoms with van der Waals surface area (Å²) in [5.41, 5.74) is 1.77. The normalized spacial score (nSPS) is 18.6. The third-order valence-electron chi connectivity index (χ3n) is 5.58. The van der Waals surface area contributed by atoms with Crippen molar-refractivity contribution in [2.75, 3.05) is 13.1 Å². The molecule has 0 aliphatic carbocycles. The standard InChI is InChI=1S/C23H23ClFNO3/c1-14-11-19(27)16(13-26-9-4-2-3-5-10-26)23-21(14)22(28)20(29-23)12-15-17(24)7-6-8-18(15)25/h6-8,11-12,27H,2-5,9-10,13H2,1H3/b20-12-. The molecule has 2 aliphatic heterocycles. The van der Waals surface area contributed by atoms with Gasteiger partial charge in [-0.05, 0) is 62.7 Å². The highest BCUT2D eigenvalue weighted by atomic mass is 35.5. The van der Waals surface area contributed by atoms with Crippen molar-refractivity contribution in [2.45, 2.75) is 39.2 Å². The average molecular weight is 416 g/mol. The Balaban J connectivity index is 1.72. The first-order chi connectivity index (χ1) is 14.0. The fourth-order valence-electron chi connectivity index (χ4n) is 4.03. The Labute approximate surface area is 174 Å². The van der Waals surface area contributed by atoms with Gasteiger partial charge in [0.15, 0.2) is 5.76 Å². The number of hydrogen-bond acceptors (Lipinski definition) is 4. The second-order valence-corrected chi connectivity index (χ2v) is 8.07. The second kappa shape index (κ2) is 8.17. The summed E-state index contributed by atoms with van der Waals surface area (Å²) in [7, 11) is 0. The summed E-state index contributed by atoms with van der Waals surface area (Å²) in [5, 5.41) is 10.8. The molecule has 0 atom stereocenters. The monoisotopic (exact) mass is 415 g/mol. The SMILES string of the molecule is Cc1cc(O)c(CN2CCCCCC2)c2c1C(=O)/C(=C/c1c(F)cccc1Cl)O2. The van der Waals surface area contributed by atoms with Crippen LogP contribution in [-0.2, 0) is 6.54 Å². The molecule has 0 bridgehead atoms. The lowest BCUT2D eigenvalue weighted by Crippen LogP contribution is -2.24. The van der Waals surface area contributed by atoms with Gasteiger partial charge >= 0.3 is 0 Å². The van der Waals surface area contributed by atoms with Crippen LogP contribution in [0.25, 0.3) is 6.08 Å². The van der Waals surface area contributed by atoms with Crippen LogP contribution in [-0.4, -0.2) is 28.9 Å². The summed E-state index contributed by atoms with van der Waals surface area (Å²) < 4.78 is 20.1. The van der Waals surface area contributed by atoms with Gasteiger partial charge < -0.3 is 9.84 Å². The van der Waals surface area contributed by atoms with Gasteiger partial charge in [-0.2, -0.15) is 0 Å². The lowest BCUT2D eigenvalue weighted by molar-refractivity contribution is 0.101. The number of Topliss-reactive ketones (excluding diaryl/α,β-unsaturated/α-hetero) is 1. The van der Waals surface area contributed by atoms with Crippen LogP contribution in [0.15, 0.2) is 30.0 Å². The molecule has 0 amide bonds. The van der Waals surface area contributed by atoms with E-state index in [1.54, 1.807) is 19.1 Å². The molecule has 1 fully saturated rings. The van der Waals surface area contributed by atoms with Gasteiger partial charge in [-0.3, -0.25) is 9.69 Å². The molecule has 1 N–H and O–H groups in total. The van der Waals surface area contributed by atoms with E-state index in [1.807, 2.05) is 0 Å². The lowest BCUT2D eigenvalue weighted by atomic mass is 9.99. The predicted molar refractivity (Wildman–Crippen MR) is 111 cm³/mol. The molecule has 0 radical (unpaired) electrons. The van der Waals surface area contributed by atoms with E-state index in [0.717, 1.165) is 25.9 Å². The number of halogens is 2. The molecule has 4 nitrogen and oxygen atoms in total. The number of nitrogens with zero attached hydrogens (tertiary/aromatic N) is 1. The van der Waals surface area contributed by atoms with Crippen molar-refractivity contribution in [3.8, 4) is 11.5 Å². The fraction of sp³-hybridized carbons (Fsp3) is 0.348. The van der Waals surface area contributed by atoms with Gasteiger partial charge in [-0.15, -0.1) is 0 Å². The van der Waals surface area contributed by atoms with E-state index in [1.165, 1.54) is 31.1 Å². The fourth-order valence-corrected chi connectivity index (χ4v) is 4.25. The Morgan fingerprint density at radius 1 is 1.24 bits per heavy atom. The number of aromatic hydroxyl groups is 1. The molecule has 0 unspecified atom stereocenters. The van der Waals surface area contributed by atoms with Crippen LogP contribution in [0, 0.1) is 12.7 Å². The van der Waals surface area contributed by atoms with Crippen LogP contribution in [0.3, 0.4) is 0 Å². The molecule has 0 aromatic heterocycles. The zero-order valence-corrected chi connectivity index (χ0v) is 17.1. The zero-order valence-electron chi connectivity index (χ0n) is 16.3. The maximum Gasteiger partial charge on any atom is 0.232 e. The van der Waals surface area contributed by atoms with Gasteiger partial charge in [0.2, 0.25) is 5.78 Å². The Bertz CT molecular complexity index is 974. The molecular formula is C23H23ClFNO3. The summed E-state index contributed by atoms with van der Waals surface area (Å²) in [6.45, 7) is 4.16. The number of benzene rings is 2.